The molecule has 4 atom stereocenters. The Bertz CT molecular complexity index is 514. The molecule has 1 nitrogen and oxygen atoms in total. The van der Waals surface area contributed by atoms with Crippen molar-refractivity contribution in [1.29, 1.82) is 0 Å². The quantitative estimate of drug-likeness (QED) is 0.186. The zero-order valence-electron chi connectivity index (χ0n) is 14.7. The Hall–Kier alpha value is 0.524. The Morgan fingerprint density at radius 2 is 1.96 bits per heavy atom. The second-order valence-corrected chi connectivity index (χ2v) is 8.10. The zero-order valence-corrected chi connectivity index (χ0v) is 19.7. The summed E-state index contributed by atoms with van der Waals surface area (Å²) in [6, 6.07) is 6.12. The van der Waals surface area contributed by atoms with Crippen molar-refractivity contribution in [2.75, 3.05) is 6.61 Å². The van der Waals surface area contributed by atoms with Crippen molar-refractivity contribution in [3.05, 3.63) is 48.4 Å². The molecule has 1 aromatic rings. The Labute approximate surface area is 185 Å². The van der Waals surface area contributed by atoms with Gasteiger partial charge in [0.25, 0.3) is 0 Å². The summed E-state index contributed by atoms with van der Waals surface area (Å²) in [5.41, 5.74) is 2.24. The summed E-state index contributed by atoms with van der Waals surface area (Å²) in [5.74, 6) is 1.28. The number of benzene rings is 1. The largest absolute Gasteiger partial charge is 0.493 e. The fourth-order valence-corrected chi connectivity index (χ4v) is 4.52. The molecule has 131 valence electrons. The van der Waals surface area contributed by atoms with E-state index in [1.165, 1.54) is 0 Å². The van der Waals surface area contributed by atoms with E-state index in [-0.39, 0.29) is 42.6 Å². The first kappa shape index (κ1) is 22.6. The van der Waals surface area contributed by atoms with Gasteiger partial charge in [0.15, 0.2) is 0 Å². The third-order valence-electron chi connectivity index (χ3n) is 4.69. The van der Waals surface area contributed by atoms with E-state index in [1.807, 2.05) is 32.0 Å². The minimum atomic E-state index is -0.772. The number of rotatable bonds is 7. The van der Waals surface area contributed by atoms with Crippen LogP contribution >= 0.6 is 22.6 Å². The van der Waals surface area contributed by atoms with Gasteiger partial charge in [-0.25, -0.2) is 4.39 Å². The fraction of sp³-hybridized carbons (Fsp3) is 0.550. The molecule has 0 aliphatic heterocycles. The number of hydrogen-bond acceptors (Lipinski definition) is 1. The zero-order chi connectivity index (χ0) is 16.8. The van der Waals surface area contributed by atoms with Crippen LogP contribution in [0.1, 0.15) is 36.8 Å². The maximum absolute atomic E-state index is 14.6. The molecule has 1 saturated carbocycles. The van der Waals surface area contributed by atoms with E-state index in [0.717, 1.165) is 42.6 Å². The summed E-state index contributed by atoms with van der Waals surface area (Å²) in [6.45, 7) is 8.40. The van der Waals surface area contributed by atoms with Crippen LogP contribution < -0.4 is 4.74 Å². The van der Waals surface area contributed by atoms with Gasteiger partial charge >= 0.3 is 0 Å². The van der Waals surface area contributed by atoms with Gasteiger partial charge < -0.3 is 11.7 Å². The molecule has 1 aliphatic carbocycles. The molecule has 0 N–H and O–H groups in total. The van der Waals surface area contributed by atoms with Crippen molar-refractivity contribution in [1.82, 2.24) is 0 Å². The van der Waals surface area contributed by atoms with Crippen LogP contribution in [-0.4, -0.2) is 16.7 Å². The summed E-state index contributed by atoms with van der Waals surface area (Å²) in [7, 11) is 0. The summed E-state index contributed by atoms with van der Waals surface area (Å²) >= 11 is 2.26. The van der Waals surface area contributed by atoms with Crippen LogP contribution in [-0.2, 0) is 32.7 Å². The molecule has 0 heterocycles. The molecular formula is C20H27FIOY-. The minimum Gasteiger partial charge on any atom is -0.493 e. The van der Waals surface area contributed by atoms with Crippen LogP contribution in [0.5, 0.6) is 5.75 Å². The van der Waals surface area contributed by atoms with Gasteiger partial charge in [0.1, 0.15) is 11.9 Å². The predicted molar refractivity (Wildman–Crippen MR) is 104 cm³/mol. The van der Waals surface area contributed by atoms with Crippen LogP contribution in [0.25, 0.3) is 0 Å². The smallest absolute Gasteiger partial charge is 0.125 e. The molecule has 0 saturated heterocycles. The normalized spacial score (nSPS) is 26.5. The SMILES string of the molecule is [CH2-]CC/C=C\C[C@H]1CC(I)C(F)[C@@H]1COc1c(C)cccc1C.[Y]. The van der Waals surface area contributed by atoms with E-state index in [1.54, 1.807) is 0 Å². The number of hydrogen-bond donors (Lipinski definition) is 0. The Morgan fingerprint density at radius 3 is 2.58 bits per heavy atom. The first-order valence-electron chi connectivity index (χ1n) is 8.46. The Balaban J connectivity index is 0.00000288. The summed E-state index contributed by atoms with van der Waals surface area (Å²) in [6.07, 6.45) is 7.40. The Kier molecular flexibility index (Phi) is 10.6. The van der Waals surface area contributed by atoms with Gasteiger partial charge in [0.2, 0.25) is 0 Å². The first-order valence-corrected chi connectivity index (χ1v) is 9.70. The first-order chi connectivity index (χ1) is 11.0. The number of allylic oxidation sites excluding steroid dienone is 2. The fourth-order valence-electron chi connectivity index (χ4n) is 3.33. The van der Waals surface area contributed by atoms with Gasteiger partial charge in [-0.15, -0.1) is 0 Å². The molecule has 1 fully saturated rings. The van der Waals surface area contributed by atoms with Crippen molar-refractivity contribution >= 4 is 22.6 Å². The maximum Gasteiger partial charge on any atom is 0.125 e. The number of halogens is 2. The minimum absolute atomic E-state index is 0. The topological polar surface area (TPSA) is 9.23 Å². The number of ether oxygens (including phenoxy) is 1. The Morgan fingerprint density at radius 1 is 1.29 bits per heavy atom. The third-order valence-corrected chi connectivity index (χ3v) is 5.89. The average Bonchev–Trinajstić information content (AvgIpc) is 2.78. The van der Waals surface area contributed by atoms with Crippen LogP contribution in [0.2, 0.25) is 0 Å². The van der Waals surface area contributed by atoms with Crippen molar-refractivity contribution < 1.29 is 41.8 Å². The van der Waals surface area contributed by atoms with E-state index >= 15 is 0 Å². The number of para-hydroxylation sites is 1. The monoisotopic (exact) mass is 518 g/mol. The van der Waals surface area contributed by atoms with E-state index in [2.05, 4.69) is 41.7 Å². The molecule has 2 rings (SSSR count). The standard InChI is InChI=1S/C20H27FIO.Y/c1-4-5-6-7-11-16-12-18(22)19(21)17(16)13-23-20-14(2)9-8-10-15(20)3;/h6-10,16-19H,1,4-5,11-13H2,2-3H3;/q-1;/b7-6-;/t16-,17+,18?,19?;/m0./s1. The van der Waals surface area contributed by atoms with E-state index in [0.29, 0.717) is 12.5 Å². The van der Waals surface area contributed by atoms with Crippen molar-refractivity contribution in [3.8, 4) is 5.75 Å². The predicted octanol–water partition coefficient (Wildman–Crippen LogP) is 6.02. The van der Waals surface area contributed by atoms with Crippen LogP contribution in [0.15, 0.2) is 30.4 Å². The van der Waals surface area contributed by atoms with Crippen LogP contribution in [0.3, 0.4) is 0 Å². The van der Waals surface area contributed by atoms with Gasteiger partial charge in [-0.3, -0.25) is 0 Å². The van der Waals surface area contributed by atoms with Crippen molar-refractivity contribution in [2.24, 2.45) is 11.8 Å². The number of alkyl halides is 2. The van der Waals surface area contributed by atoms with Gasteiger partial charge in [-0.05, 0) is 43.7 Å². The third kappa shape index (κ3) is 6.05. The molecule has 0 aromatic heterocycles. The number of unbranched alkanes of at least 4 members (excludes halogenated alkanes) is 1. The molecule has 2 unspecified atom stereocenters. The number of aryl methyl sites for hydroxylation is 2. The van der Waals surface area contributed by atoms with Crippen LogP contribution in [0.4, 0.5) is 4.39 Å². The van der Waals surface area contributed by atoms with E-state index < -0.39 is 6.17 Å². The molecule has 1 radical (unpaired) electrons. The molecule has 4 heteroatoms. The average molecular weight is 518 g/mol. The second-order valence-electron chi connectivity index (χ2n) is 6.50. The summed E-state index contributed by atoms with van der Waals surface area (Å²) < 4.78 is 20.7. The van der Waals surface area contributed by atoms with Crippen molar-refractivity contribution in [3.63, 3.8) is 0 Å². The van der Waals surface area contributed by atoms with Gasteiger partial charge in [-0.1, -0.05) is 59.4 Å². The summed E-state index contributed by atoms with van der Waals surface area (Å²) in [4.78, 5) is 0. The van der Waals surface area contributed by atoms with E-state index in [9.17, 15) is 4.39 Å². The molecule has 24 heavy (non-hydrogen) atoms. The molecule has 0 spiro atoms. The maximum atomic E-state index is 14.6. The van der Waals surface area contributed by atoms with Crippen molar-refractivity contribution in [2.45, 2.75) is 49.6 Å². The van der Waals surface area contributed by atoms with E-state index in [4.69, 9.17) is 4.74 Å². The molecular weight excluding hydrogens is 491 g/mol. The molecule has 0 bridgehead atoms. The molecule has 0 amide bonds. The van der Waals surface area contributed by atoms with Crippen LogP contribution in [0, 0.1) is 32.6 Å². The van der Waals surface area contributed by atoms with Gasteiger partial charge in [0, 0.05) is 42.6 Å². The van der Waals surface area contributed by atoms with Gasteiger partial charge in [-0.2, -0.15) is 6.42 Å². The van der Waals surface area contributed by atoms with Gasteiger partial charge in [0.05, 0.1) is 6.61 Å². The molecule has 1 aliphatic rings. The summed E-state index contributed by atoms with van der Waals surface area (Å²) in [5, 5.41) is 0. The molecule has 1 aromatic carbocycles. The second kappa shape index (κ2) is 11.3.